The fraction of sp³-hybridized carbons (Fsp3) is 0. The molecule has 9 rings (SSSR count). The van der Waals surface area contributed by atoms with Gasteiger partial charge in [-0.3, -0.25) is 19.9 Å². The van der Waals surface area contributed by atoms with E-state index in [4.69, 9.17) is 10.2 Å². The van der Waals surface area contributed by atoms with Gasteiger partial charge in [0, 0.05) is 46.3 Å². The minimum absolute atomic E-state index is 0.169. The Kier molecular flexibility index (Phi) is 6.79. The van der Waals surface area contributed by atoms with Crippen LogP contribution in [-0.4, -0.2) is 47.0 Å². The van der Waals surface area contributed by atoms with Gasteiger partial charge in [0.05, 0.1) is 22.1 Å². The second-order valence-corrected chi connectivity index (χ2v) is 12.3. The van der Waals surface area contributed by atoms with Gasteiger partial charge < -0.3 is 10.2 Å². The molecular formula is C30H18N8O6S2. The highest BCUT2D eigenvalue weighted by Crippen LogP contribution is 2.18. The van der Waals surface area contributed by atoms with Gasteiger partial charge in [0.25, 0.3) is 0 Å². The molecule has 4 aromatic heterocycles. The highest BCUT2D eigenvalue weighted by Gasteiger charge is 2.19. The topological polar surface area (TPSA) is 210 Å². The molecule has 3 aromatic carbocycles. The number of nitrogens with zero attached hydrogens (tertiary/aromatic N) is 8. The summed E-state index contributed by atoms with van der Waals surface area (Å²) in [4.78, 5) is 17.1. The summed E-state index contributed by atoms with van der Waals surface area (Å²) >= 11 is 0. The van der Waals surface area contributed by atoms with Crippen LogP contribution in [0.3, 0.4) is 0 Å². The Balaban J connectivity index is 0.000000120. The Bertz CT molecular complexity index is 2510. The number of aromatic nitrogens is 4. The second-order valence-electron chi connectivity index (χ2n) is 9.77. The summed E-state index contributed by atoms with van der Waals surface area (Å²) in [6.07, 6.45) is 6.57. The lowest BCUT2D eigenvalue weighted by atomic mass is 10.1. The molecule has 0 radical (unpaired) electrons. The van der Waals surface area contributed by atoms with E-state index in [0.29, 0.717) is 65.0 Å². The van der Waals surface area contributed by atoms with Crippen molar-refractivity contribution in [1.82, 2.24) is 19.9 Å². The predicted octanol–water partition coefficient (Wildman–Crippen LogP) is 1.66. The van der Waals surface area contributed by atoms with Gasteiger partial charge in [-0.1, -0.05) is 0 Å². The molecule has 6 heterocycles. The zero-order valence-corrected chi connectivity index (χ0v) is 24.8. The SMILES string of the molecule is O=S1(=O)N=c2c(c3cccnc3c3ncccc23)=N1.O=S1(=O)N=c2c(c3cccnc3c3ncccc23)=N1.Oc1ccc(O)cc1. The van der Waals surface area contributed by atoms with Crippen LogP contribution in [-0.2, 0) is 20.4 Å². The van der Waals surface area contributed by atoms with Crippen molar-refractivity contribution in [2.75, 3.05) is 0 Å². The average molecular weight is 651 g/mol. The summed E-state index contributed by atoms with van der Waals surface area (Å²) in [5, 5.41) is 21.3. The van der Waals surface area contributed by atoms with E-state index in [-0.39, 0.29) is 11.5 Å². The van der Waals surface area contributed by atoms with E-state index in [1.165, 1.54) is 24.3 Å². The van der Waals surface area contributed by atoms with Gasteiger partial charge in [0.15, 0.2) is 0 Å². The molecule has 0 bridgehead atoms. The molecule has 0 amide bonds. The minimum Gasteiger partial charge on any atom is -0.508 e. The highest BCUT2D eigenvalue weighted by molar-refractivity contribution is 7.88. The minimum atomic E-state index is -3.79. The molecule has 0 saturated heterocycles. The smallest absolute Gasteiger partial charge is 0.364 e. The summed E-state index contributed by atoms with van der Waals surface area (Å²) in [5.41, 5.74) is 2.53. The van der Waals surface area contributed by atoms with Crippen LogP contribution in [0, 0.1) is 0 Å². The maximum Gasteiger partial charge on any atom is 0.364 e. The van der Waals surface area contributed by atoms with E-state index >= 15 is 0 Å². The van der Waals surface area contributed by atoms with Crippen LogP contribution in [0.15, 0.2) is 115 Å². The predicted molar refractivity (Wildman–Crippen MR) is 166 cm³/mol. The lowest BCUT2D eigenvalue weighted by Crippen LogP contribution is -2.24. The number of fused-ring (bicyclic) bond motifs is 12. The van der Waals surface area contributed by atoms with Crippen LogP contribution in [0.4, 0.5) is 0 Å². The number of phenols is 2. The standard InChI is InChI=1S/2C12H6N4O2S.C6H6O2/c2*17-19(18)15-11-7-3-1-5-13-9(7)10-8(12(11)16-19)4-2-6-14-10;7-5-1-2-6(8)4-3-5/h2*1-6H;1-4,7-8H. The Morgan fingerprint density at radius 3 is 0.870 bits per heavy atom. The Hall–Kier alpha value is -6.00. The van der Waals surface area contributed by atoms with E-state index in [9.17, 15) is 16.8 Å². The van der Waals surface area contributed by atoms with Gasteiger partial charge >= 0.3 is 20.4 Å². The molecular weight excluding hydrogens is 633 g/mol. The molecule has 14 nitrogen and oxygen atoms in total. The summed E-state index contributed by atoms with van der Waals surface area (Å²) < 4.78 is 61.2. The molecule has 0 fully saturated rings. The van der Waals surface area contributed by atoms with E-state index in [1.54, 1.807) is 73.3 Å². The lowest BCUT2D eigenvalue weighted by molar-refractivity contribution is 0.460. The number of benzene rings is 3. The first-order chi connectivity index (χ1) is 22.1. The van der Waals surface area contributed by atoms with Crippen LogP contribution >= 0.6 is 0 Å². The second kappa shape index (κ2) is 10.9. The van der Waals surface area contributed by atoms with Crippen molar-refractivity contribution >= 4 is 64.0 Å². The van der Waals surface area contributed by atoms with Crippen molar-refractivity contribution in [3.05, 3.63) is 119 Å². The summed E-state index contributed by atoms with van der Waals surface area (Å²) in [5.74, 6) is 0.339. The zero-order chi connectivity index (χ0) is 32.1. The van der Waals surface area contributed by atoms with Gasteiger partial charge in [-0.15, -0.1) is 17.6 Å². The first-order valence-corrected chi connectivity index (χ1v) is 16.1. The third-order valence-corrected chi connectivity index (χ3v) is 8.48. The van der Waals surface area contributed by atoms with Crippen LogP contribution in [0.2, 0.25) is 0 Å². The van der Waals surface area contributed by atoms with Crippen molar-refractivity contribution in [2.45, 2.75) is 0 Å². The highest BCUT2D eigenvalue weighted by atomic mass is 32.2. The summed E-state index contributed by atoms with van der Waals surface area (Å²) in [6.45, 7) is 0. The molecule has 2 aliphatic heterocycles. The summed E-state index contributed by atoms with van der Waals surface area (Å²) in [6, 6.07) is 19.7. The normalized spacial score (nSPS) is 14.8. The van der Waals surface area contributed by atoms with Crippen molar-refractivity contribution < 1.29 is 27.0 Å². The number of hydrogen-bond acceptors (Lipinski definition) is 10. The molecule has 226 valence electrons. The van der Waals surface area contributed by atoms with Crippen molar-refractivity contribution in [2.24, 2.45) is 17.6 Å². The van der Waals surface area contributed by atoms with Crippen molar-refractivity contribution in [1.29, 1.82) is 0 Å². The Labute approximate surface area is 258 Å². The Morgan fingerprint density at radius 2 is 0.630 bits per heavy atom. The zero-order valence-electron chi connectivity index (χ0n) is 23.2. The quantitative estimate of drug-likeness (QED) is 0.179. The molecule has 16 heteroatoms. The summed E-state index contributed by atoms with van der Waals surface area (Å²) in [7, 11) is -7.59. The van der Waals surface area contributed by atoms with E-state index < -0.39 is 20.4 Å². The number of phenolic OH excluding ortho intramolecular Hbond substituents is 2. The Morgan fingerprint density at radius 1 is 0.391 bits per heavy atom. The van der Waals surface area contributed by atoms with E-state index in [0.717, 1.165) is 0 Å². The third-order valence-electron chi connectivity index (χ3n) is 6.82. The first-order valence-electron chi connectivity index (χ1n) is 13.3. The van der Waals surface area contributed by atoms with Gasteiger partial charge in [-0.25, -0.2) is 0 Å². The third kappa shape index (κ3) is 5.20. The molecule has 0 saturated carbocycles. The maximum atomic E-state index is 11.6. The maximum absolute atomic E-state index is 11.6. The molecule has 2 aliphatic rings. The lowest BCUT2D eigenvalue weighted by Gasteiger charge is -2.00. The van der Waals surface area contributed by atoms with Gasteiger partial charge in [0.1, 0.15) is 32.9 Å². The van der Waals surface area contributed by atoms with E-state index in [2.05, 4.69) is 37.5 Å². The fourth-order valence-electron chi connectivity index (χ4n) is 4.98. The molecule has 2 N–H and O–H groups in total. The molecule has 0 atom stereocenters. The molecule has 0 aliphatic carbocycles. The monoisotopic (exact) mass is 650 g/mol. The molecule has 46 heavy (non-hydrogen) atoms. The largest absolute Gasteiger partial charge is 0.508 e. The molecule has 0 unspecified atom stereocenters. The van der Waals surface area contributed by atoms with Crippen LogP contribution in [0.5, 0.6) is 11.5 Å². The van der Waals surface area contributed by atoms with Crippen LogP contribution < -0.4 is 21.4 Å². The van der Waals surface area contributed by atoms with Crippen molar-refractivity contribution in [3.63, 3.8) is 0 Å². The van der Waals surface area contributed by atoms with Gasteiger partial charge in [0.2, 0.25) is 0 Å². The number of aromatic hydroxyl groups is 2. The molecule has 7 aromatic rings. The van der Waals surface area contributed by atoms with Crippen LogP contribution in [0.25, 0.3) is 43.6 Å². The van der Waals surface area contributed by atoms with Crippen molar-refractivity contribution in [3.8, 4) is 11.5 Å². The number of pyridine rings is 4. The first kappa shape index (κ1) is 28.8. The molecule has 0 spiro atoms. The van der Waals surface area contributed by atoms with E-state index in [1.807, 2.05) is 0 Å². The average Bonchev–Trinajstić information content (AvgIpc) is 3.58. The number of rotatable bonds is 0. The number of hydrogen-bond donors (Lipinski definition) is 2. The van der Waals surface area contributed by atoms with Crippen LogP contribution in [0.1, 0.15) is 0 Å². The fourth-order valence-corrected chi connectivity index (χ4v) is 6.72. The van der Waals surface area contributed by atoms with Gasteiger partial charge in [-0.05, 0) is 72.8 Å². The van der Waals surface area contributed by atoms with Gasteiger partial charge in [-0.2, -0.15) is 16.8 Å².